The van der Waals surface area contributed by atoms with Gasteiger partial charge in [0.25, 0.3) is 0 Å². The molecule has 1 fully saturated rings. The first-order valence-corrected chi connectivity index (χ1v) is 4.64. The molecule has 0 saturated carbocycles. The molecule has 2 heterocycles. The van der Waals surface area contributed by atoms with E-state index in [0.29, 0.717) is 5.92 Å². The lowest BCUT2D eigenvalue weighted by atomic mass is 10.1. The average molecular weight is 206 g/mol. The Balaban J connectivity index is 0.000000720. The summed E-state index contributed by atoms with van der Waals surface area (Å²) in [6.07, 6.45) is 1.22. The molecule has 0 aromatic carbocycles. The van der Waals surface area contributed by atoms with Gasteiger partial charge >= 0.3 is 0 Å². The highest BCUT2D eigenvalue weighted by molar-refractivity contribution is 7.05. The summed E-state index contributed by atoms with van der Waals surface area (Å²) in [5.41, 5.74) is 0. The van der Waals surface area contributed by atoms with Crippen LogP contribution < -0.4 is 5.32 Å². The molecule has 1 aromatic rings. The summed E-state index contributed by atoms with van der Waals surface area (Å²) in [7, 11) is 0. The van der Waals surface area contributed by atoms with Crippen LogP contribution >= 0.6 is 23.9 Å². The first-order valence-electron chi connectivity index (χ1n) is 3.87. The Morgan fingerprint density at radius 1 is 1.58 bits per heavy atom. The summed E-state index contributed by atoms with van der Waals surface area (Å²) in [5, 5.41) is 4.52. The van der Waals surface area contributed by atoms with Crippen molar-refractivity contribution in [2.75, 3.05) is 13.1 Å². The van der Waals surface area contributed by atoms with E-state index in [2.05, 4.69) is 14.7 Å². The van der Waals surface area contributed by atoms with Crippen molar-refractivity contribution in [3.63, 3.8) is 0 Å². The fraction of sp³-hybridized carbons (Fsp3) is 0.714. The van der Waals surface area contributed by atoms with Crippen molar-refractivity contribution in [3.05, 3.63) is 10.8 Å². The largest absolute Gasteiger partial charge is 0.316 e. The number of halogens is 1. The highest BCUT2D eigenvalue weighted by Crippen LogP contribution is 2.23. The van der Waals surface area contributed by atoms with Gasteiger partial charge in [0.15, 0.2) is 0 Å². The van der Waals surface area contributed by atoms with Crippen molar-refractivity contribution in [2.45, 2.75) is 19.3 Å². The lowest BCUT2D eigenvalue weighted by molar-refractivity contribution is 0.752. The lowest BCUT2D eigenvalue weighted by Gasteiger charge is -1.99. The van der Waals surface area contributed by atoms with Gasteiger partial charge in [-0.3, -0.25) is 0 Å². The standard InChI is InChI=1S/C7H11N3S.ClH/c1-5-9-7(11-10-5)6-2-3-8-4-6;/h6,8H,2-4H2,1H3;1H. The summed E-state index contributed by atoms with van der Waals surface area (Å²) in [5.74, 6) is 1.54. The van der Waals surface area contributed by atoms with Gasteiger partial charge in [0, 0.05) is 12.5 Å². The molecule has 12 heavy (non-hydrogen) atoms. The monoisotopic (exact) mass is 205 g/mol. The van der Waals surface area contributed by atoms with Crippen LogP contribution in [0.2, 0.25) is 0 Å². The summed E-state index contributed by atoms with van der Waals surface area (Å²) in [4.78, 5) is 4.36. The van der Waals surface area contributed by atoms with Crippen LogP contribution in [0.15, 0.2) is 0 Å². The quantitative estimate of drug-likeness (QED) is 0.752. The summed E-state index contributed by atoms with van der Waals surface area (Å²) in [6, 6.07) is 0. The van der Waals surface area contributed by atoms with E-state index in [9.17, 15) is 0 Å². The Hall–Kier alpha value is -0.190. The molecule has 1 aliphatic heterocycles. The molecule has 1 atom stereocenters. The molecule has 3 nitrogen and oxygen atoms in total. The SMILES string of the molecule is Cc1nsc(C2CCNC2)n1.Cl. The Bertz CT molecular complexity index is 245. The number of hydrogen-bond acceptors (Lipinski definition) is 4. The van der Waals surface area contributed by atoms with Crippen LogP contribution in [-0.2, 0) is 0 Å². The summed E-state index contributed by atoms with van der Waals surface area (Å²) in [6.45, 7) is 4.15. The second-order valence-corrected chi connectivity index (χ2v) is 3.65. The molecule has 1 aromatic heterocycles. The second kappa shape index (κ2) is 4.16. The van der Waals surface area contributed by atoms with Gasteiger partial charge < -0.3 is 5.32 Å². The number of nitrogens with zero attached hydrogens (tertiary/aromatic N) is 2. The molecule has 1 saturated heterocycles. The molecule has 0 bridgehead atoms. The highest BCUT2D eigenvalue weighted by Gasteiger charge is 2.19. The van der Waals surface area contributed by atoms with Crippen LogP contribution in [0, 0.1) is 6.92 Å². The zero-order valence-corrected chi connectivity index (χ0v) is 8.54. The Labute approximate surface area is 82.2 Å². The van der Waals surface area contributed by atoms with Crippen LogP contribution in [0.3, 0.4) is 0 Å². The van der Waals surface area contributed by atoms with Gasteiger partial charge in [-0.05, 0) is 31.4 Å². The Kier molecular flexibility index (Phi) is 3.43. The van der Waals surface area contributed by atoms with Gasteiger partial charge in [0.2, 0.25) is 0 Å². The number of nitrogens with one attached hydrogen (secondary N) is 1. The fourth-order valence-corrected chi connectivity index (χ4v) is 2.13. The summed E-state index contributed by atoms with van der Waals surface area (Å²) < 4.78 is 4.16. The van der Waals surface area contributed by atoms with E-state index in [4.69, 9.17) is 0 Å². The van der Waals surface area contributed by atoms with Crippen molar-refractivity contribution < 1.29 is 0 Å². The number of hydrogen-bond donors (Lipinski definition) is 1. The third-order valence-corrected chi connectivity index (χ3v) is 2.92. The minimum absolute atomic E-state index is 0. The maximum Gasteiger partial charge on any atom is 0.139 e. The lowest BCUT2D eigenvalue weighted by Crippen LogP contribution is -2.07. The first-order chi connectivity index (χ1) is 5.36. The molecule has 0 amide bonds. The third-order valence-electron chi connectivity index (χ3n) is 1.95. The Morgan fingerprint density at radius 2 is 2.42 bits per heavy atom. The van der Waals surface area contributed by atoms with E-state index in [1.807, 2.05) is 6.92 Å². The molecule has 5 heteroatoms. The number of aryl methyl sites for hydroxylation is 1. The van der Waals surface area contributed by atoms with Crippen molar-refractivity contribution in [1.29, 1.82) is 0 Å². The van der Waals surface area contributed by atoms with Crippen molar-refractivity contribution in [3.8, 4) is 0 Å². The van der Waals surface area contributed by atoms with E-state index < -0.39 is 0 Å². The predicted molar refractivity (Wildman–Crippen MR) is 52.1 cm³/mol. The zero-order valence-electron chi connectivity index (χ0n) is 6.91. The normalized spacial score (nSPS) is 22.2. The molecule has 68 valence electrons. The van der Waals surface area contributed by atoms with Crippen molar-refractivity contribution >= 4 is 23.9 Å². The van der Waals surface area contributed by atoms with Crippen molar-refractivity contribution in [1.82, 2.24) is 14.7 Å². The highest BCUT2D eigenvalue weighted by atomic mass is 35.5. The third kappa shape index (κ3) is 1.94. The van der Waals surface area contributed by atoms with Gasteiger partial charge in [0.05, 0.1) is 0 Å². The van der Waals surface area contributed by atoms with Crippen LogP contribution in [0.1, 0.15) is 23.2 Å². The van der Waals surface area contributed by atoms with Crippen LogP contribution in [0.25, 0.3) is 0 Å². The van der Waals surface area contributed by atoms with E-state index in [0.717, 1.165) is 18.9 Å². The van der Waals surface area contributed by atoms with Gasteiger partial charge in [-0.25, -0.2) is 4.98 Å². The molecule has 1 unspecified atom stereocenters. The Morgan fingerprint density at radius 3 is 2.92 bits per heavy atom. The van der Waals surface area contributed by atoms with E-state index in [1.54, 1.807) is 11.5 Å². The van der Waals surface area contributed by atoms with E-state index >= 15 is 0 Å². The average Bonchev–Trinajstić information content (AvgIpc) is 2.55. The van der Waals surface area contributed by atoms with Gasteiger partial charge in [-0.2, -0.15) is 4.37 Å². The zero-order chi connectivity index (χ0) is 7.68. The maximum absolute atomic E-state index is 4.36. The number of aromatic nitrogens is 2. The molecule has 1 N–H and O–H groups in total. The first kappa shape index (κ1) is 9.89. The molecular weight excluding hydrogens is 194 g/mol. The summed E-state index contributed by atoms with van der Waals surface area (Å²) >= 11 is 1.55. The smallest absolute Gasteiger partial charge is 0.139 e. The minimum atomic E-state index is 0. The predicted octanol–water partition coefficient (Wildman–Crippen LogP) is 1.35. The molecule has 0 radical (unpaired) electrons. The topological polar surface area (TPSA) is 37.8 Å². The molecule has 0 aliphatic carbocycles. The molecular formula is C7H12ClN3S. The van der Waals surface area contributed by atoms with Gasteiger partial charge in [0.1, 0.15) is 10.8 Å². The van der Waals surface area contributed by atoms with Crippen molar-refractivity contribution in [2.24, 2.45) is 0 Å². The number of rotatable bonds is 1. The van der Waals surface area contributed by atoms with E-state index in [-0.39, 0.29) is 12.4 Å². The van der Waals surface area contributed by atoms with E-state index in [1.165, 1.54) is 11.4 Å². The maximum atomic E-state index is 4.36. The minimum Gasteiger partial charge on any atom is -0.316 e. The second-order valence-electron chi connectivity index (χ2n) is 2.87. The van der Waals surface area contributed by atoms with Gasteiger partial charge in [-0.15, -0.1) is 12.4 Å². The van der Waals surface area contributed by atoms with Gasteiger partial charge in [-0.1, -0.05) is 0 Å². The molecule has 0 spiro atoms. The molecule has 2 rings (SSSR count). The van der Waals surface area contributed by atoms with Crippen LogP contribution in [0.5, 0.6) is 0 Å². The fourth-order valence-electron chi connectivity index (χ4n) is 1.34. The van der Waals surface area contributed by atoms with Crippen LogP contribution in [0.4, 0.5) is 0 Å². The molecule has 1 aliphatic rings. The van der Waals surface area contributed by atoms with Crippen LogP contribution in [-0.4, -0.2) is 22.4 Å².